The number of carbonyl (C=O) groups is 2. The Morgan fingerprint density at radius 3 is 1.53 bits per heavy atom. The van der Waals surface area contributed by atoms with Gasteiger partial charge in [0.05, 0.1) is 0 Å². The van der Waals surface area contributed by atoms with Crippen LogP contribution in [0.5, 0.6) is 0 Å². The van der Waals surface area contributed by atoms with Gasteiger partial charge in [-0.2, -0.15) is 0 Å². The molecule has 0 aromatic heterocycles. The van der Waals surface area contributed by atoms with E-state index in [1.165, 1.54) is 49.7 Å². The van der Waals surface area contributed by atoms with Crippen molar-refractivity contribution in [3.05, 3.63) is 81.9 Å². The van der Waals surface area contributed by atoms with Crippen LogP contribution in [0.2, 0.25) is 0 Å². The summed E-state index contributed by atoms with van der Waals surface area (Å²) in [4.78, 5) is 24.3. The number of fused-ring (bicyclic) bond motifs is 2. The quantitative estimate of drug-likeness (QED) is 0.442. The predicted molar refractivity (Wildman–Crippen MR) is 143 cm³/mol. The zero-order valence-electron chi connectivity index (χ0n) is 21.7. The van der Waals surface area contributed by atoms with Crippen molar-refractivity contribution in [3.8, 4) is 0 Å². The van der Waals surface area contributed by atoms with Crippen molar-refractivity contribution < 1.29 is 19.8 Å². The molecule has 0 atom stereocenters. The lowest BCUT2D eigenvalue weighted by Crippen LogP contribution is -2.34. The number of hydrogen-bond acceptors (Lipinski definition) is 4. The van der Waals surface area contributed by atoms with E-state index in [2.05, 4.69) is 60.0 Å². The van der Waals surface area contributed by atoms with Crippen molar-refractivity contribution in [1.29, 1.82) is 0 Å². The van der Waals surface area contributed by atoms with Crippen LogP contribution in [0.15, 0.2) is 48.6 Å². The first kappa shape index (κ1) is 27.6. The molecule has 0 unspecified atom stereocenters. The van der Waals surface area contributed by atoms with Crippen molar-refractivity contribution in [3.63, 3.8) is 0 Å². The van der Waals surface area contributed by atoms with Crippen molar-refractivity contribution in [1.82, 2.24) is 9.80 Å². The van der Waals surface area contributed by atoms with Crippen molar-refractivity contribution in [2.24, 2.45) is 0 Å². The van der Waals surface area contributed by atoms with E-state index in [9.17, 15) is 9.59 Å². The van der Waals surface area contributed by atoms with Crippen LogP contribution in [0.25, 0.3) is 0 Å². The van der Waals surface area contributed by atoms with E-state index in [1.54, 1.807) is 22.3 Å². The second kappa shape index (κ2) is 14.0. The van der Waals surface area contributed by atoms with E-state index in [0.717, 1.165) is 39.3 Å². The maximum absolute atomic E-state index is 9.55. The average molecular weight is 493 g/mol. The lowest BCUT2D eigenvalue weighted by Gasteiger charge is -2.27. The summed E-state index contributed by atoms with van der Waals surface area (Å²) in [5.74, 6) is -2.51. The zero-order valence-corrected chi connectivity index (χ0v) is 21.7. The molecule has 36 heavy (non-hydrogen) atoms. The van der Waals surface area contributed by atoms with Crippen LogP contribution < -0.4 is 0 Å². The third-order valence-electron chi connectivity index (χ3n) is 7.13. The van der Waals surface area contributed by atoms with E-state index in [0.29, 0.717) is 12.2 Å². The van der Waals surface area contributed by atoms with Gasteiger partial charge in [-0.3, -0.25) is 4.90 Å². The zero-order chi connectivity index (χ0) is 25.9. The van der Waals surface area contributed by atoms with E-state index < -0.39 is 11.9 Å². The number of carboxylic acid groups (broad SMARTS) is 2. The Hall–Kier alpha value is -2.96. The molecule has 0 heterocycles. The van der Waals surface area contributed by atoms with Gasteiger partial charge in [0.2, 0.25) is 0 Å². The molecule has 0 radical (unpaired) electrons. The highest BCUT2D eigenvalue weighted by Gasteiger charge is 2.15. The minimum Gasteiger partial charge on any atom is -0.478 e. The fourth-order valence-electron chi connectivity index (χ4n) is 5.14. The fourth-order valence-corrected chi connectivity index (χ4v) is 5.14. The van der Waals surface area contributed by atoms with Crippen molar-refractivity contribution in [2.45, 2.75) is 65.5 Å². The SMILES string of the molecule is CCN(CC)CCN(Cc1ccc2c(c1)CCC2)Cc1ccc2c(c1)CCC2.O=C(O)/C=C\C(=O)O. The molecule has 0 spiro atoms. The van der Waals surface area contributed by atoms with Crippen molar-refractivity contribution >= 4 is 11.9 Å². The molecular weight excluding hydrogens is 452 g/mol. The first-order valence-electron chi connectivity index (χ1n) is 13.2. The number of benzene rings is 2. The molecule has 2 N–H and O–H groups in total. The first-order chi connectivity index (χ1) is 17.4. The van der Waals surface area contributed by atoms with Crippen LogP contribution in [-0.4, -0.2) is 58.1 Å². The maximum Gasteiger partial charge on any atom is 0.328 e. The summed E-state index contributed by atoms with van der Waals surface area (Å²) in [6, 6.07) is 14.5. The highest BCUT2D eigenvalue weighted by Crippen LogP contribution is 2.25. The largest absolute Gasteiger partial charge is 0.478 e. The second-order valence-electron chi connectivity index (χ2n) is 9.66. The predicted octanol–water partition coefficient (Wildman–Crippen LogP) is 4.72. The summed E-state index contributed by atoms with van der Waals surface area (Å²) >= 11 is 0. The molecule has 0 bridgehead atoms. The minimum absolute atomic E-state index is 0.558. The van der Waals surface area contributed by atoms with Gasteiger partial charge in [-0.25, -0.2) is 9.59 Å². The highest BCUT2D eigenvalue weighted by molar-refractivity contribution is 5.89. The number of carboxylic acids is 2. The summed E-state index contributed by atoms with van der Waals surface area (Å²) < 4.78 is 0. The van der Waals surface area contributed by atoms with Gasteiger partial charge < -0.3 is 15.1 Å². The lowest BCUT2D eigenvalue weighted by molar-refractivity contribution is -0.134. The summed E-state index contributed by atoms with van der Waals surface area (Å²) in [5, 5.41) is 15.6. The monoisotopic (exact) mass is 492 g/mol. The van der Waals surface area contributed by atoms with E-state index in [-0.39, 0.29) is 0 Å². The highest BCUT2D eigenvalue weighted by atomic mass is 16.4. The summed E-state index contributed by atoms with van der Waals surface area (Å²) in [7, 11) is 0. The third-order valence-corrected chi connectivity index (χ3v) is 7.13. The van der Waals surface area contributed by atoms with E-state index >= 15 is 0 Å². The Morgan fingerprint density at radius 1 is 0.694 bits per heavy atom. The van der Waals surface area contributed by atoms with Gasteiger partial charge in [-0.1, -0.05) is 50.2 Å². The molecule has 2 aliphatic carbocycles. The first-order valence-corrected chi connectivity index (χ1v) is 13.2. The Kier molecular flexibility index (Phi) is 10.7. The van der Waals surface area contributed by atoms with Gasteiger partial charge in [0.25, 0.3) is 0 Å². The van der Waals surface area contributed by atoms with Gasteiger partial charge in [-0.15, -0.1) is 0 Å². The average Bonchev–Trinajstić information content (AvgIpc) is 3.52. The number of aliphatic carboxylic acids is 2. The molecule has 0 saturated carbocycles. The third kappa shape index (κ3) is 8.61. The molecule has 6 heteroatoms. The van der Waals surface area contributed by atoms with E-state index in [4.69, 9.17) is 10.2 Å². The summed E-state index contributed by atoms with van der Waals surface area (Å²) in [6.45, 7) is 11.2. The molecule has 0 saturated heterocycles. The van der Waals surface area contributed by atoms with Crippen LogP contribution in [0, 0.1) is 0 Å². The molecule has 6 nitrogen and oxygen atoms in total. The fraction of sp³-hybridized carbons (Fsp3) is 0.467. The summed E-state index contributed by atoms with van der Waals surface area (Å²) in [6.07, 6.45) is 8.87. The Labute approximate surface area is 215 Å². The van der Waals surface area contributed by atoms with Crippen LogP contribution >= 0.6 is 0 Å². The summed E-state index contributed by atoms with van der Waals surface area (Å²) in [5.41, 5.74) is 9.33. The van der Waals surface area contributed by atoms with E-state index in [1.807, 2.05) is 0 Å². The van der Waals surface area contributed by atoms with Crippen LogP contribution in [-0.2, 0) is 48.4 Å². The number of nitrogens with zero attached hydrogens (tertiary/aromatic N) is 2. The maximum atomic E-state index is 9.55. The Bertz CT molecular complexity index is 983. The molecule has 0 fully saturated rings. The number of hydrogen-bond donors (Lipinski definition) is 2. The lowest BCUT2D eigenvalue weighted by atomic mass is 10.0. The molecule has 194 valence electrons. The topological polar surface area (TPSA) is 81.1 Å². The number of rotatable bonds is 11. The molecular formula is C30H40N2O4. The number of aryl methyl sites for hydroxylation is 4. The van der Waals surface area contributed by atoms with Crippen LogP contribution in [0.3, 0.4) is 0 Å². The molecule has 2 aromatic rings. The normalized spacial score (nSPS) is 14.1. The Morgan fingerprint density at radius 2 is 1.11 bits per heavy atom. The molecule has 2 aliphatic rings. The van der Waals surface area contributed by atoms with Gasteiger partial charge in [-0.05, 0) is 85.0 Å². The standard InChI is InChI=1S/C26H36N2.C4H4O4/c1-3-27(4-2)15-16-28(19-21-11-13-23-7-5-9-25(23)17-21)20-22-12-14-24-8-6-10-26(24)18-22;5-3(6)1-2-4(7)8/h11-14,17-18H,3-10,15-16,19-20H2,1-2H3;1-2H,(H,5,6)(H,7,8)/b;2-1-. The van der Waals surface area contributed by atoms with Crippen LogP contribution in [0.1, 0.15) is 60.1 Å². The molecule has 0 aliphatic heterocycles. The van der Waals surface area contributed by atoms with Crippen LogP contribution in [0.4, 0.5) is 0 Å². The number of likely N-dealkylation sites (N-methyl/N-ethyl adjacent to an activating group) is 1. The van der Waals surface area contributed by atoms with Gasteiger partial charge in [0.1, 0.15) is 0 Å². The second-order valence-corrected chi connectivity index (χ2v) is 9.66. The van der Waals surface area contributed by atoms with Crippen molar-refractivity contribution in [2.75, 3.05) is 26.2 Å². The molecule has 0 amide bonds. The molecule has 2 aromatic carbocycles. The molecule has 4 rings (SSSR count). The minimum atomic E-state index is -1.26. The van der Waals surface area contributed by atoms with Gasteiger partial charge in [0, 0.05) is 38.3 Å². The smallest absolute Gasteiger partial charge is 0.328 e. The van der Waals surface area contributed by atoms with Gasteiger partial charge in [0.15, 0.2) is 0 Å². The van der Waals surface area contributed by atoms with Gasteiger partial charge >= 0.3 is 11.9 Å². The Balaban J connectivity index is 0.000000392.